The fourth-order valence-electron chi connectivity index (χ4n) is 1.91. The second kappa shape index (κ2) is 6.83. The molecule has 1 saturated heterocycles. The summed E-state index contributed by atoms with van der Waals surface area (Å²) in [4.78, 5) is 13.9. The van der Waals surface area contributed by atoms with Gasteiger partial charge in [0.05, 0.1) is 13.2 Å². The normalized spacial score (nSPS) is 24.1. The highest BCUT2D eigenvalue weighted by atomic mass is 16.5. The van der Waals surface area contributed by atoms with Gasteiger partial charge in [0.1, 0.15) is 0 Å². The van der Waals surface area contributed by atoms with Crippen LogP contribution in [-0.2, 0) is 9.53 Å². The number of ether oxygens (including phenoxy) is 1. The summed E-state index contributed by atoms with van der Waals surface area (Å²) >= 11 is 0. The van der Waals surface area contributed by atoms with Gasteiger partial charge in [0.15, 0.2) is 0 Å². The summed E-state index contributed by atoms with van der Waals surface area (Å²) in [5.41, 5.74) is 0. The summed E-state index contributed by atoms with van der Waals surface area (Å²) in [6.07, 6.45) is 0. The maximum absolute atomic E-state index is 11.7. The lowest BCUT2D eigenvalue weighted by molar-refractivity contribution is -0.123. The first-order chi connectivity index (χ1) is 7.63. The highest BCUT2D eigenvalue weighted by Gasteiger charge is 2.20. The van der Waals surface area contributed by atoms with Crippen LogP contribution in [0.3, 0.4) is 0 Å². The van der Waals surface area contributed by atoms with E-state index in [0.29, 0.717) is 19.2 Å². The number of methoxy groups -OCH3 is 1. The average molecular weight is 229 g/mol. The lowest BCUT2D eigenvalue weighted by Crippen LogP contribution is -2.53. The number of hydrogen-bond acceptors (Lipinski definition) is 4. The van der Waals surface area contributed by atoms with Crippen LogP contribution in [0.2, 0.25) is 0 Å². The molecule has 1 rings (SSSR count). The molecule has 0 aromatic carbocycles. The van der Waals surface area contributed by atoms with Crippen molar-refractivity contribution in [1.29, 1.82) is 0 Å². The molecule has 0 spiro atoms. The molecule has 2 atom stereocenters. The van der Waals surface area contributed by atoms with Gasteiger partial charge < -0.3 is 15.4 Å². The Morgan fingerprint density at radius 3 is 3.06 bits per heavy atom. The van der Waals surface area contributed by atoms with Crippen LogP contribution < -0.4 is 10.6 Å². The third kappa shape index (κ3) is 4.47. The zero-order chi connectivity index (χ0) is 12.0. The number of rotatable bonds is 5. The van der Waals surface area contributed by atoms with Gasteiger partial charge in [-0.25, -0.2) is 0 Å². The van der Waals surface area contributed by atoms with Gasteiger partial charge in [0.2, 0.25) is 5.91 Å². The smallest absolute Gasteiger partial charge is 0.234 e. The van der Waals surface area contributed by atoms with E-state index in [2.05, 4.69) is 22.5 Å². The molecule has 1 aliphatic rings. The van der Waals surface area contributed by atoms with Crippen LogP contribution in [0.1, 0.15) is 13.8 Å². The van der Waals surface area contributed by atoms with E-state index in [1.54, 1.807) is 7.11 Å². The lowest BCUT2D eigenvalue weighted by atomic mass is 10.2. The zero-order valence-corrected chi connectivity index (χ0v) is 10.5. The summed E-state index contributed by atoms with van der Waals surface area (Å²) in [7, 11) is 1.64. The van der Waals surface area contributed by atoms with Gasteiger partial charge >= 0.3 is 0 Å². The minimum Gasteiger partial charge on any atom is -0.383 e. The van der Waals surface area contributed by atoms with E-state index >= 15 is 0 Å². The molecule has 1 amide bonds. The van der Waals surface area contributed by atoms with Crippen molar-refractivity contribution in [3.63, 3.8) is 0 Å². The van der Waals surface area contributed by atoms with E-state index in [9.17, 15) is 4.79 Å². The molecule has 0 aromatic rings. The largest absolute Gasteiger partial charge is 0.383 e. The van der Waals surface area contributed by atoms with Crippen molar-refractivity contribution < 1.29 is 9.53 Å². The van der Waals surface area contributed by atoms with Crippen LogP contribution in [0.4, 0.5) is 0 Å². The monoisotopic (exact) mass is 229 g/mol. The molecule has 0 aromatic heterocycles. The van der Waals surface area contributed by atoms with Crippen LogP contribution in [-0.4, -0.2) is 62.8 Å². The lowest BCUT2D eigenvalue weighted by Gasteiger charge is -2.33. The van der Waals surface area contributed by atoms with E-state index < -0.39 is 0 Å². The summed E-state index contributed by atoms with van der Waals surface area (Å²) in [5.74, 6) is 0.0818. The number of hydrogen-bond donors (Lipinski definition) is 2. The quantitative estimate of drug-likeness (QED) is 0.663. The molecule has 0 radical (unpaired) electrons. The van der Waals surface area contributed by atoms with Gasteiger partial charge in [-0.05, 0) is 13.8 Å². The fraction of sp³-hybridized carbons (Fsp3) is 0.909. The standard InChI is InChI=1S/C11H23N3O2/c1-9(8-16-3)13-11(15)7-14-5-4-12-6-10(14)2/h9-10,12H,4-8H2,1-3H3,(H,13,15). The van der Waals surface area contributed by atoms with Crippen LogP contribution in [0.5, 0.6) is 0 Å². The van der Waals surface area contributed by atoms with Crippen LogP contribution in [0.15, 0.2) is 0 Å². The average Bonchev–Trinajstić information content (AvgIpc) is 2.21. The molecule has 0 bridgehead atoms. The van der Waals surface area contributed by atoms with Crippen molar-refractivity contribution in [1.82, 2.24) is 15.5 Å². The highest BCUT2D eigenvalue weighted by molar-refractivity contribution is 5.78. The Morgan fingerprint density at radius 1 is 1.69 bits per heavy atom. The van der Waals surface area contributed by atoms with E-state index in [1.165, 1.54) is 0 Å². The summed E-state index contributed by atoms with van der Waals surface area (Å²) in [6, 6.07) is 0.507. The number of piperazine rings is 1. The molecule has 1 heterocycles. The number of nitrogens with one attached hydrogen (secondary N) is 2. The van der Waals surface area contributed by atoms with Crippen molar-refractivity contribution in [3.8, 4) is 0 Å². The Labute approximate surface area is 97.5 Å². The maximum atomic E-state index is 11.7. The Balaban J connectivity index is 2.27. The first kappa shape index (κ1) is 13.4. The fourth-order valence-corrected chi connectivity index (χ4v) is 1.91. The molecule has 2 unspecified atom stereocenters. The van der Waals surface area contributed by atoms with Gasteiger partial charge in [0.25, 0.3) is 0 Å². The van der Waals surface area contributed by atoms with Crippen molar-refractivity contribution >= 4 is 5.91 Å². The Bertz CT molecular complexity index is 223. The highest BCUT2D eigenvalue weighted by Crippen LogP contribution is 2.01. The number of carbonyl (C=O) groups is 1. The molecule has 1 aliphatic heterocycles. The minimum absolute atomic E-state index is 0.0794. The van der Waals surface area contributed by atoms with E-state index in [0.717, 1.165) is 19.6 Å². The number of carbonyl (C=O) groups excluding carboxylic acids is 1. The molecular formula is C11H23N3O2. The second-order valence-electron chi connectivity index (χ2n) is 4.45. The van der Waals surface area contributed by atoms with Crippen molar-refractivity contribution in [2.24, 2.45) is 0 Å². The Kier molecular flexibility index (Phi) is 5.73. The third-order valence-corrected chi connectivity index (χ3v) is 2.81. The van der Waals surface area contributed by atoms with Crippen LogP contribution in [0, 0.1) is 0 Å². The summed E-state index contributed by atoms with van der Waals surface area (Å²) in [5, 5.41) is 6.23. The predicted octanol–water partition coefficient (Wildman–Crippen LogP) is -0.569. The SMILES string of the molecule is COCC(C)NC(=O)CN1CCNCC1C. The minimum atomic E-state index is 0.0794. The van der Waals surface area contributed by atoms with Crippen molar-refractivity contribution in [3.05, 3.63) is 0 Å². The van der Waals surface area contributed by atoms with Gasteiger partial charge in [-0.1, -0.05) is 0 Å². The molecule has 0 saturated carbocycles. The maximum Gasteiger partial charge on any atom is 0.234 e. The first-order valence-electron chi connectivity index (χ1n) is 5.86. The van der Waals surface area contributed by atoms with Gasteiger partial charge in [0, 0.05) is 38.8 Å². The Hall–Kier alpha value is -0.650. The van der Waals surface area contributed by atoms with Gasteiger partial charge in [-0.15, -0.1) is 0 Å². The van der Waals surface area contributed by atoms with Crippen molar-refractivity contribution in [2.75, 3.05) is 39.9 Å². The van der Waals surface area contributed by atoms with Gasteiger partial charge in [-0.3, -0.25) is 9.69 Å². The van der Waals surface area contributed by atoms with Gasteiger partial charge in [-0.2, -0.15) is 0 Å². The molecule has 1 fully saturated rings. The van der Waals surface area contributed by atoms with Crippen LogP contribution in [0.25, 0.3) is 0 Å². The summed E-state index contributed by atoms with van der Waals surface area (Å²) < 4.78 is 4.98. The zero-order valence-electron chi connectivity index (χ0n) is 10.5. The Morgan fingerprint density at radius 2 is 2.44 bits per heavy atom. The molecule has 2 N–H and O–H groups in total. The molecular weight excluding hydrogens is 206 g/mol. The van der Waals surface area contributed by atoms with Crippen molar-refractivity contribution in [2.45, 2.75) is 25.9 Å². The number of amides is 1. The van der Waals surface area contributed by atoms with E-state index in [4.69, 9.17) is 4.74 Å². The molecule has 5 heteroatoms. The molecule has 16 heavy (non-hydrogen) atoms. The van der Waals surface area contributed by atoms with E-state index in [-0.39, 0.29) is 11.9 Å². The topological polar surface area (TPSA) is 53.6 Å². The molecule has 0 aliphatic carbocycles. The second-order valence-corrected chi connectivity index (χ2v) is 4.45. The first-order valence-corrected chi connectivity index (χ1v) is 5.86. The number of nitrogens with zero attached hydrogens (tertiary/aromatic N) is 1. The molecule has 94 valence electrons. The van der Waals surface area contributed by atoms with Crippen LogP contribution >= 0.6 is 0 Å². The van der Waals surface area contributed by atoms with E-state index in [1.807, 2.05) is 6.92 Å². The predicted molar refractivity (Wildman–Crippen MR) is 63.4 cm³/mol. The third-order valence-electron chi connectivity index (χ3n) is 2.81. The summed E-state index contributed by atoms with van der Waals surface area (Å²) in [6.45, 7) is 7.99. The molecule has 5 nitrogen and oxygen atoms in total.